The summed E-state index contributed by atoms with van der Waals surface area (Å²) in [5.41, 5.74) is 0.523. The van der Waals surface area contributed by atoms with Crippen LogP contribution in [0.4, 0.5) is 5.69 Å². The van der Waals surface area contributed by atoms with Gasteiger partial charge in [0.2, 0.25) is 0 Å². The zero-order valence-corrected chi connectivity index (χ0v) is 9.77. The summed E-state index contributed by atoms with van der Waals surface area (Å²) < 4.78 is 22.5. The van der Waals surface area contributed by atoms with E-state index in [1.807, 2.05) is 0 Å². The second kappa shape index (κ2) is 4.33. The van der Waals surface area contributed by atoms with E-state index in [0.29, 0.717) is 12.1 Å². The Kier molecular flexibility index (Phi) is 3.01. The van der Waals surface area contributed by atoms with Crippen LogP contribution in [0.1, 0.15) is 16.9 Å². The number of rotatable bonds is 3. The lowest BCUT2D eigenvalue weighted by molar-refractivity contribution is 0.0690. The van der Waals surface area contributed by atoms with Gasteiger partial charge in [0.1, 0.15) is 5.69 Å². The molecule has 0 saturated carbocycles. The third-order valence-corrected chi connectivity index (χ3v) is 4.35. The summed E-state index contributed by atoms with van der Waals surface area (Å²) in [4.78, 5) is 14.4. The smallest absolute Gasteiger partial charge is 0.354 e. The minimum Gasteiger partial charge on any atom is -0.477 e. The molecule has 1 aliphatic heterocycles. The number of carboxylic acid groups (broad SMARTS) is 1. The van der Waals surface area contributed by atoms with Gasteiger partial charge in [-0.2, -0.15) is 0 Å². The van der Waals surface area contributed by atoms with E-state index in [-0.39, 0.29) is 23.2 Å². The van der Waals surface area contributed by atoms with E-state index in [1.165, 1.54) is 12.3 Å². The Balaban J connectivity index is 2.09. The zero-order valence-electron chi connectivity index (χ0n) is 8.96. The first kappa shape index (κ1) is 11.8. The lowest BCUT2D eigenvalue weighted by atomic mass is 10.2. The number of hydrogen-bond donors (Lipinski definition) is 2. The van der Waals surface area contributed by atoms with Crippen molar-refractivity contribution in [3.63, 3.8) is 0 Å². The second-order valence-electron chi connectivity index (χ2n) is 3.98. The minimum atomic E-state index is -2.94. The maximum absolute atomic E-state index is 11.3. The molecule has 1 aromatic heterocycles. The highest BCUT2D eigenvalue weighted by atomic mass is 32.2. The van der Waals surface area contributed by atoms with Crippen molar-refractivity contribution in [2.75, 3.05) is 16.8 Å². The van der Waals surface area contributed by atoms with Crippen LogP contribution in [-0.4, -0.2) is 42.0 Å². The molecule has 17 heavy (non-hydrogen) atoms. The molecule has 6 nitrogen and oxygen atoms in total. The molecule has 0 radical (unpaired) electrons. The van der Waals surface area contributed by atoms with E-state index in [4.69, 9.17) is 5.11 Å². The molecule has 1 fully saturated rings. The average Bonchev–Trinajstić information content (AvgIpc) is 2.58. The SMILES string of the molecule is O=C(O)c1cc(NC2CCS(=O)(=O)C2)ccn1. The van der Waals surface area contributed by atoms with Crippen LogP contribution in [0.5, 0.6) is 0 Å². The largest absolute Gasteiger partial charge is 0.477 e. The van der Waals surface area contributed by atoms with Gasteiger partial charge in [-0.3, -0.25) is 0 Å². The molecule has 0 spiro atoms. The summed E-state index contributed by atoms with van der Waals surface area (Å²) >= 11 is 0. The summed E-state index contributed by atoms with van der Waals surface area (Å²) in [5, 5.41) is 11.8. The molecule has 1 atom stereocenters. The fourth-order valence-electron chi connectivity index (χ4n) is 1.78. The van der Waals surface area contributed by atoms with Crippen LogP contribution >= 0.6 is 0 Å². The van der Waals surface area contributed by atoms with Crippen LogP contribution in [0.15, 0.2) is 18.3 Å². The normalized spacial score (nSPS) is 22.2. The quantitative estimate of drug-likeness (QED) is 0.811. The van der Waals surface area contributed by atoms with Crippen molar-refractivity contribution in [3.8, 4) is 0 Å². The molecule has 2 N–H and O–H groups in total. The number of nitrogens with zero attached hydrogens (tertiary/aromatic N) is 1. The number of anilines is 1. The lowest BCUT2D eigenvalue weighted by Crippen LogP contribution is -2.20. The van der Waals surface area contributed by atoms with E-state index in [2.05, 4.69) is 10.3 Å². The van der Waals surface area contributed by atoms with E-state index < -0.39 is 15.8 Å². The van der Waals surface area contributed by atoms with E-state index >= 15 is 0 Å². The molecule has 0 amide bonds. The molecule has 0 bridgehead atoms. The van der Waals surface area contributed by atoms with Crippen molar-refractivity contribution < 1.29 is 18.3 Å². The predicted molar refractivity (Wildman–Crippen MR) is 61.9 cm³/mol. The van der Waals surface area contributed by atoms with Crippen molar-refractivity contribution in [3.05, 3.63) is 24.0 Å². The highest BCUT2D eigenvalue weighted by Gasteiger charge is 2.27. The van der Waals surface area contributed by atoms with E-state index in [9.17, 15) is 13.2 Å². The number of carboxylic acids is 1. The van der Waals surface area contributed by atoms with Gasteiger partial charge in [0, 0.05) is 17.9 Å². The third-order valence-electron chi connectivity index (χ3n) is 2.58. The molecule has 1 saturated heterocycles. The minimum absolute atomic E-state index is 0.0594. The van der Waals surface area contributed by atoms with Gasteiger partial charge in [0.15, 0.2) is 9.84 Å². The van der Waals surface area contributed by atoms with Gasteiger partial charge in [-0.15, -0.1) is 0 Å². The van der Waals surface area contributed by atoms with E-state index in [0.717, 1.165) is 0 Å². The van der Waals surface area contributed by atoms with Crippen molar-refractivity contribution in [1.82, 2.24) is 4.98 Å². The van der Waals surface area contributed by atoms with E-state index in [1.54, 1.807) is 6.07 Å². The number of pyridine rings is 1. The molecule has 7 heteroatoms. The summed E-state index contributed by atoms with van der Waals surface area (Å²) in [6, 6.07) is 2.87. The predicted octanol–water partition coefficient (Wildman–Crippen LogP) is 0.379. The van der Waals surface area contributed by atoms with Crippen LogP contribution < -0.4 is 5.32 Å². The Morgan fingerprint density at radius 2 is 2.29 bits per heavy atom. The molecule has 1 unspecified atom stereocenters. The van der Waals surface area contributed by atoms with Crippen LogP contribution in [0.2, 0.25) is 0 Å². The molecular weight excluding hydrogens is 244 g/mol. The molecule has 0 aromatic carbocycles. The number of nitrogens with one attached hydrogen (secondary N) is 1. The Morgan fingerprint density at radius 3 is 2.88 bits per heavy atom. The molecule has 1 aliphatic rings. The van der Waals surface area contributed by atoms with Crippen molar-refractivity contribution in [2.45, 2.75) is 12.5 Å². The van der Waals surface area contributed by atoms with Crippen LogP contribution in [0.3, 0.4) is 0 Å². The van der Waals surface area contributed by atoms with Crippen LogP contribution in [0.25, 0.3) is 0 Å². The fraction of sp³-hybridized carbons (Fsp3) is 0.400. The molecule has 2 rings (SSSR count). The first-order valence-electron chi connectivity index (χ1n) is 5.12. The summed E-state index contributed by atoms with van der Waals surface area (Å²) in [7, 11) is -2.94. The highest BCUT2D eigenvalue weighted by Crippen LogP contribution is 2.17. The van der Waals surface area contributed by atoms with Gasteiger partial charge in [-0.05, 0) is 18.6 Å². The monoisotopic (exact) mass is 256 g/mol. The Labute approximate surface area is 98.6 Å². The molecule has 2 heterocycles. The van der Waals surface area contributed by atoms with Gasteiger partial charge in [-0.25, -0.2) is 18.2 Å². The first-order valence-corrected chi connectivity index (χ1v) is 6.95. The highest BCUT2D eigenvalue weighted by molar-refractivity contribution is 7.91. The summed E-state index contributed by atoms with van der Waals surface area (Å²) in [6.45, 7) is 0. The van der Waals surface area contributed by atoms with Gasteiger partial charge in [0.25, 0.3) is 0 Å². The molecule has 1 aromatic rings. The van der Waals surface area contributed by atoms with Crippen molar-refractivity contribution in [1.29, 1.82) is 0 Å². The van der Waals surface area contributed by atoms with Gasteiger partial charge < -0.3 is 10.4 Å². The maximum Gasteiger partial charge on any atom is 0.354 e. The Morgan fingerprint density at radius 1 is 1.53 bits per heavy atom. The van der Waals surface area contributed by atoms with Gasteiger partial charge >= 0.3 is 5.97 Å². The molecular formula is C10H12N2O4S. The first-order chi connectivity index (χ1) is 7.96. The third kappa shape index (κ3) is 2.94. The summed E-state index contributed by atoms with van der Waals surface area (Å²) in [6.07, 6.45) is 1.93. The number of aromatic nitrogens is 1. The topological polar surface area (TPSA) is 96.4 Å². The number of sulfone groups is 1. The summed E-state index contributed by atoms with van der Waals surface area (Å²) in [5.74, 6) is -0.827. The average molecular weight is 256 g/mol. The molecule has 92 valence electrons. The fourth-order valence-corrected chi connectivity index (χ4v) is 3.46. The van der Waals surface area contributed by atoms with Crippen molar-refractivity contribution >= 4 is 21.5 Å². The van der Waals surface area contributed by atoms with Crippen LogP contribution in [0, 0.1) is 0 Å². The standard InChI is InChI=1S/C10H12N2O4S/c13-10(14)9-5-7(1-3-11-9)12-8-2-4-17(15,16)6-8/h1,3,5,8H,2,4,6H2,(H,11,12)(H,13,14). The Bertz CT molecular complexity index is 541. The number of carbonyl (C=O) groups is 1. The maximum atomic E-state index is 11.3. The molecule has 0 aliphatic carbocycles. The Hall–Kier alpha value is -1.63. The van der Waals surface area contributed by atoms with Gasteiger partial charge in [0.05, 0.1) is 11.5 Å². The number of hydrogen-bond acceptors (Lipinski definition) is 5. The zero-order chi connectivity index (χ0) is 12.5. The lowest BCUT2D eigenvalue weighted by Gasteiger charge is -2.12. The second-order valence-corrected chi connectivity index (χ2v) is 6.21. The van der Waals surface area contributed by atoms with Gasteiger partial charge in [-0.1, -0.05) is 0 Å². The van der Waals surface area contributed by atoms with Crippen molar-refractivity contribution in [2.24, 2.45) is 0 Å². The van der Waals surface area contributed by atoms with Crippen LogP contribution in [-0.2, 0) is 9.84 Å². The number of aromatic carboxylic acids is 1.